The van der Waals surface area contributed by atoms with Crippen LogP contribution >= 0.6 is 11.6 Å². The van der Waals surface area contributed by atoms with Gasteiger partial charge in [-0.3, -0.25) is 9.59 Å². The van der Waals surface area contributed by atoms with E-state index in [9.17, 15) is 9.59 Å². The Bertz CT molecular complexity index is 503. The third-order valence-corrected chi connectivity index (χ3v) is 3.01. The molecule has 1 aromatic rings. The van der Waals surface area contributed by atoms with Crippen molar-refractivity contribution in [2.45, 2.75) is 0 Å². The monoisotopic (exact) mass is 283 g/mol. The standard InChI is InChI=1S/C13H14ClNO4/c1-18-9-2-3-10-11(8-9)15(13(17)12(10)16)5-7-19-6-4-14/h2-3,8H,4-7H2,1H3. The number of hydrogen-bond donors (Lipinski definition) is 0. The van der Waals surface area contributed by atoms with Gasteiger partial charge >= 0.3 is 0 Å². The van der Waals surface area contributed by atoms with Crippen LogP contribution < -0.4 is 9.64 Å². The molecule has 1 aliphatic heterocycles. The third-order valence-electron chi connectivity index (χ3n) is 2.86. The van der Waals surface area contributed by atoms with Gasteiger partial charge in [0.2, 0.25) is 0 Å². The van der Waals surface area contributed by atoms with E-state index in [4.69, 9.17) is 21.1 Å². The molecule has 0 atom stereocenters. The van der Waals surface area contributed by atoms with E-state index < -0.39 is 11.7 Å². The first-order valence-corrected chi connectivity index (χ1v) is 6.40. The molecule has 6 heteroatoms. The fourth-order valence-corrected chi connectivity index (χ4v) is 2.04. The molecule has 0 radical (unpaired) electrons. The number of nitrogens with zero attached hydrogens (tertiary/aromatic N) is 1. The first-order valence-electron chi connectivity index (χ1n) is 5.87. The highest BCUT2D eigenvalue weighted by molar-refractivity contribution is 6.52. The van der Waals surface area contributed by atoms with Gasteiger partial charge in [0.15, 0.2) is 0 Å². The topological polar surface area (TPSA) is 55.8 Å². The van der Waals surface area contributed by atoms with E-state index in [2.05, 4.69) is 0 Å². The second-order valence-corrected chi connectivity index (χ2v) is 4.35. The lowest BCUT2D eigenvalue weighted by molar-refractivity contribution is -0.114. The molecule has 1 heterocycles. The van der Waals surface area contributed by atoms with Crippen molar-refractivity contribution >= 4 is 29.0 Å². The van der Waals surface area contributed by atoms with Crippen LogP contribution in [0.25, 0.3) is 0 Å². The minimum Gasteiger partial charge on any atom is -0.497 e. The molecule has 0 aromatic heterocycles. The zero-order valence-electron chi connectivity index (χ0n) is 10.5. The van der Waals surface area contributed by atoms with Gasteiger partial charge in [0.1, 0.15) is 5.75 Å². The lowest BCUT2D eigenvalue weighted by Crippen LogP contribution is -2.33. The molecule has 0 spiro atoms. The SMILES string of the molecule is COc1ccc2c(c1)N(CCOCCCl)C(=O)C2=O. The van der Waals surface area contributed by atoms with Crippen molar-refractivity contribution in [2.75, 3.05) is 37.6 Å². The Morgan fingerprint density at radius 2 is 2.05 bits per heavy atom. The normalized spacial score (nSPS) is 13.9. The van der Waals surface area contributed by atoms with Crippen LogP contribution in [0.4, 0.5) is 5.69 Å². The van der Waals surface area contributed by atoms with Gasteiger partial charge in [0.05, 0.1) is 31.6 Å². The molecule has 1 amide bonds. The van der Waals surface area contributed by atoms with Crippen molar-refractivity contribution in [3.05, 3.63) is 23.8 Å². The average molecular weight is 284 g/mol. The zero-order valence-corrected chi connectivity index (χ0v) is 11.3. The fraction of sp³-hybridized carbons (Fsp3) is 0.385. The largest absolute Gasteiger partial charge is 0.497 e. The van der Waals surface area contributed by atoms with Crippen LogP contribution in [0.5, 0.6) is 5.75 Å². The van der Waals surface area contributed by atoms with Crippen LogP contribution in [0.2, 0.25) is 0 Å². The van der Waals surface area contributed by atoms with Crippen LogP contribution in [-0.2, 0) is 9.53 Å². The molecular weight excluding hydrogens is 270 g/mol. The highest BCUT2D eigenvalue weighted by Crippen LogP contribution is 2.32. The number of hydrogen-bond acceptors (Lipinski definition) is 4. The summed E-state index contributed by atoms with van der Waals surface area (Å²) in [5, 5.41) is 0. The van der Waals surface area contributed by atoms with Gasteiger partial charge in [-0.25, -0.2) is 0 Å². The van der Waals surface area contributed by atoms with E-state index in [1.807, 2.05) is 0 Å². The van der Waals surface area contributed by atoms with Crippen molar-refractivity contribution in [1.82, 2.24) is 0 Å². The van der Waals surface area contributed by atoms with Crippen molar-refractivity contribution < 1.29 is 19.1 Å². The molecule has 5 nitrogen and oxygen atoms in total. The highest BCUT2D eigenvalue weighted by atomic mass is 35.5. The smallest absolute Gasteiger partial charge is 0.299 e. The molecule has 2 rings (SSSR count). The number of carbonyl (C=O) groups is 2. The maximum Gasteiger partial charge on any atom is 0.299 e. The minimum absolute atomic E-state index is 0.321. The van der Waals surface area contributed by atoms with Crippen LogP contribution in [0.15, 0.2) is 18.2 Å². The van der Waals surface area contributed by atoms with Gasteiger partial charge in [-0.05, 0) is 12.1 Å². The number of methoxy groups -OCH3 is 1. The van der Waals surface area contributed by atoms with Gasteiger partial charge in [-0.15, -0.1) is 11.6 Å². The van der Waals surface area contributed by atoms with E-state index in [-0.39, 0.29) is 0 Å². The minimum atomic E-state index is -0.530. The summed E-state index contributed by atoms with van der Waals surface area (Å²) in [6, 6.07) is 4.95. The summed E-state index contributed by atoms with van der Waals surface area (Å²) in [5.74, 6) is -0.0160. The lowest BCUT2D eigenvalue weighted by atomic mass is 10.1. The number of benzene rings is 1. The van der Waals surface area contributed by atoms with Crippen molar-refractivity contribution in [3.8, 4) is 5.75 Å². The molecule has 19 heavy (non-hydrogen) atoms. The average Bonchev–Trinajstić information content (AvgIpc) is 2.67. The number of alkyl halides is 1. The lowest BCUT2D eigenvalue weighted by Gasteiger charge is -2.16. The number of Topliss-reactive ketones (excluding diaryl/α,β-unsaturated/α-hetero) is 1. The Balaban J connectivity index is 2.17. The first kappa shape index (κ1) is 13.8. The molecule has 1 aliphatic rings. The van der Waals surface area contributed by atoms with Gasteiger partial charge < -0.3 is 14.4 Å². The van der Waals surface area contributed by atoms with Crippen molar-refractivity contribution in [1.29, 1.82) is 0 Å². The molecular formula is C13H14ClNO4. The van der Waals surface area contributed by atoms with Gasteiger partial charge in [-0.2, -0.15) is 0 Å². The summed E-state index contributed by atoms with van der Waals surface area (Å²) in [6.45, 7) is 1.08. The number of anilines is 1. The Labute approximate surface area is 116 Å². The summed E-state index contributed by atoms with van der Waals surface area (Å²) >= 11 is 5.49. The van der Waals surface area contributed by atoms with Gasteiger partial charge in [-0.1, -0.05) is 0 Å². The maximum atomic E-state index is 11.9. The molecule has 0 bridgehead atoms. The van der Waals surface area contributed by atoms with Gasteiger partial charge in [0.25, 0.3) is 11.7 Å². The Morgan fingerprint density at radius 3 is 2.74 bits per heavy atom. The molecule has 0 saturated heterocycles. The number of amides is 1. The molecule has 0 fully saturated rings. The second-order valence-electron chi connectivity index (χ2n) is 3.97. The maximum absolute atomic E-state index is 11.9. The highest BCUT2D eigenvalue weighted by Gasteiger charge is 2.35. The number of ketones is 1. The summed E-state index contributed by atoms with van der Waals surface area (Å²) in [7, 11) is 1.54. The van der Waals surface area contributed by atoms with E-state index in [0.29, 0.717) is 42.6 Å². The number of halogens is 1. The summed E-state index contributed by atoms with van der Waals surface area (Å²) in [6.07, 6.45) is 0. The van der Waals surface area contributed by atoms with E-state index >= 15 is 0 Å². The third kappa shape index (κ3) is 2.72. The molecule has 0 unspecified atom stereocenters. The van der Waals surface area contributed by atoms with Crippen molar-refractivity contribution in [3.63, 3.8) is 0 Å². The summed E-state index contributed by atoms with van der Waals surface area (Å²) in [5.41, 5.74) is 0.979. The number of ether oxygens (including phenoxy) is 2. The van der Waals surface area contributed by atoms with Crippen LogP contribution in [-0.4, -0.2) is 44.4 Å². The molecule has 0 saturated carbocycles. The predicted octanol–water partition coefficient (Wildman–Crippen LogP) is 1.48. The molecule has 1 aromatic carbocycles. The van der Waals surface area contributed by atoms with Gasteiger partial charge in [0, 0.05) is 18.5 Å². The first-order chi connectivity index (χ1) is 9.19. The zero-order chi connectivity index (χ0) is 13.8. The second kappa shape index (κ2) is 6.04. The van der Waals surface area contributed by atoms with E-state index in [0.717, 1.165) is 0 Å². The quantitative estimate of drug-likeness (QED) is 0.451. The number of fused-ring (bicyclic) bond motifs is 1. The Kier molecular flexibility index (Phi) is 4.39. The molecule has 0 aliphatic carbocycles. The van der Waals surface area contributed by atoms with E-state index in [1.54, 1.807) is 18.2 Å². The number of carbonyl (C=O) groups excluding carboxylic acids is 2. The Hall–Kier alpha value is -1.59. The summed E-state index contributed by atoms with van der Waals surface area (Å²) < 4.78 is 10.3. The Morgan fingerprint density at radius 1 is 1.26 bits per heavy atom. The van der Waals surface area contributed by atoms with Crippen LogP contribution in [0, 0.1) is 0 Å². The van der Waals surface area contributed by atoms with Crippen LogP contribution in [0.3, 0.4) is 0 Å². The summed E-state index contributed by atoms with van der Waals surface area (Å²) in [4.78, 5) is 25.1. The van der Waals surface area contributed by atoms with Crippen LogP contribution in [0.1, 0.15) is 10.4 Å². The van der Waals surface area contributed by atoms with Crippen molar-refractivity contribution in [2.24, 2.45) is 0 Å². The molecule has 0 N–H and O–H groups in total. The number of rotatable bonds is 6. The molecule has 102 valence electrons. The van der Waals surface area contributed by atoms with E-state index in [1.165, 1.54) is 12.0 Å². The fourth-order valence-electron chi connectivity index (χ4n) is 1.94. The predicted molar refractivity (Wildman–Crippen MR) is 71.2 cm³/mol.